The Hall–Kier alpha value is -1.88. The molecule has 1 N–H and O–H groups in total. The molecule has 0 fully saturated rings. The lowest BCUT2D eigenvalue weighted by molar-refractivity contribution is -0.116. The molecule has 3 rings (SSSR count). The molecule has 1 heterocycles. The summed E-state index contributed by atoms with van der Waals surface area (Å²) in [6, 6.07) is 7.83. The molecule has 1 aliphatic heterocycles. The van der Waals surface area contributed by atoms with Crippen molar-refractivity contribution >= 4 is 23.1 Å². The fourth-order valence-corrected chi connectivity index (χ4v) is 4.25. The van der Waals surface area contributed by atoms with E-state index in [9.17, 15) is 4.79 Å². The van der Waals surface area contributed by atoms with E-state index in [-0.39, 0.29) is 11.8 Å². The molecule has 0 spiro atoms. The molecule has 0 aromatic heterocycles. The number of rotatable bonds is 8. The van der Waals surface area contributed by atoms with Gasteiger partial charge in [-0.3, -0.25) is 4.79 Å². The molecule has 0 saturated heterocycles. The Balaban J connectivity index is 1.95. The number of nitrogens with one attached hydrogen (secondary N) is 1. The van der Waals surface area contributed by atoms with Crippen LogP contribution in [0.3, 0.4) is 0 Å². The maximum absolute atomic E-state index is 12.9. The quantitative estimate of drug-likeness (QED) is 0.508. The van der Waals surface area contributed by atoms with Crippen LogP contribution in [0.4, 0.5) is 0 Å². The molecule has 1 unspecified atom stereocenters. The lowest BCUT2D eigenvalue weighted by Crippen LogP contribution is -2.49. The molecule has 27 heavy (non-hydrogen) atoms. The summed E-state index contributed by atoms with van der Waals surface area (Å²) in [5.41, 5.74) is 3.01. The van der Waals surface area contributed by atoms with Crippen LogP contribution in [0.1, 0.15) is 70.4 Å². The van der Waals surface area contributed by atoms with E-state index in [1.54, 1.807) is 0 Å². The minimum atomic E-state index is -0.212. The molecule has 0 bridgehead atoms. The van der Waals surface area contributed by atoms with Crippen LogP contribution < -0.4 is 10.1 Å². The van der Waals surface area contributed by atoms with E-state index in [0.29, 0.717) is 13.0 Å². The van der Waals surface area contributed by atoms with Gasteiger partial charge in [-0.25, -0.2) is 0 Å². The van der Waals surface area contributed by atoms with Crippen molar-refractivity contribution in [2.24, 2.45) is 0 Å². The van der Waals surface area contributed by atoms with Crippen molar-refractivity contribution in [2.45, 2.75) is 64.8 Å². The van der Waals surface area contributed by atoms with Crippen LogP contribution in [0.15, 0.2) is 35.5 Å². The maximum Gasteiger partial charge on any atom is 0.173 e. The second kappa shape index (κ2) is 9.36. The summed E-state index contributed by atoms with van der Waals surface area (Å²) < 4.78 is 6.09. The van der Waals surface area contributed by atoms with Gasteiger partial charge in [-0.05, 0) is 44.0 Å². The molecule has 4 nitrogen and oxygen atoms in total. The van der Waals surface area contributed by atoms with Gasteiger partial charge < -0.3 is 15.0 Å². The van der Waals surface area contributed by atoms with E-state index in [4.69, 9.17) is 17.0 Å². The number of nitrogens with zero attached hydrogens (tertiary/aromatic N) is 1. The summed E-state index contributed by atoms with van der Waals surface area (Å²) in [5, 5.41) is 4.16. The van der Waals surface area contributed by atoms with Gasteiger partial charge in [-0.2, -0.15) is 0 Å². The number of ketones is 1. The Morgan fingerprint density at radius 2 is 2.00 bits per heavy atom. The summed E-state index contributed by atoms with van der Waals surface area (Å²) >= 11 is 5.67. The number of benzene rings is 1. The van der Waals surface area contributed by atoms with Gasteiger partial charge in [0.15, 0.2) is 10.9 Å². The van der Waals surface area contributed by atoms with Crippen molar-refractivity contribution < 1.29 is 9.53 Å². The van der Waals surface area contributed by atoms with Crippen LogP contribution in [0.5, 0.6) is 5.75 Å². The molecule has 1 aromatic carbocycles. The van der Waals surface area contributed by atoms with Crippen molar-refractivity contribution in [3.8, 4) is 5.75 Å². The summed E-state index contributed by atoms with van der Waals surface area (Å²) in [6.07, 6.45) is 6.80. The molecule has 0 saturated carbocycles. The second-order valence-electron chi connectivity index (χ2n) is 7.26. The molecule has 0 radical (unpaired) electrons. The average molecular weight is 387 g/mol. The van der Waals surface area contributed by atoms with Crippen LogP contribution in [-0.4, -0.2) is 28.9 Å². The third kappa shape index (κ3) is 4.34. The van der Waals surface area contributed by atoms with Crippen molar-refractivity contribution in [2.75, 3.05) is 13.2 Å². The number of unbranched alkanes of at least 4 members (excludes halogenated alkanes) is 2. The third-order valence-electron chi connectivity index (χ3n) is 5.24. The monoisotopic (exact) mass is 386 g/mol. The van der Waals surface area contributed by atoms with Crippen LogP contribution >= 0.6 is 12.2 Å². The average Bonchev–Trinajstić information content (AvgIpc) is 2.68. The Bertz CT molecular complexity index is 729. The van der Waals surface area contributed by atoms with Gasteiger partial charge in [0.1, 0.15) is 5.75 Å². The lowest BCUT2D eigenvalue weighted by Gasteiger charge is -2.41. The summed E-state index contributed by atoms with van der Waals surface area (Å²) in [4.78, 5) is 15.0. The van der Waals surface area contributed by atoms with E-state index >= 15 is 0 Å². The van der Waals surface area contributed by atoms with Gasteiger partial charge in [-0.15, -0.1) is 0 Å². The third-order valence-corrected chi connectivity index (χ3v) is 5.58. The zero-order chi connectivity index (χ0) is 19.2. The molecule has 5 heteroatoms. The summed E-state index contributed by atoms with van der Waals surface area (Å²) in [7, 11) is 0. The highest BCUT2D eigenvalue weighted by molar-refractivity contribution is 7.80. The first-order valence-corrected chi connectivity index (χ1v) is 10.6. The molecule has 1 aliphatic carbocycles. The number of ether oxygens (including phenoxy) is 1. The van der Waals surface area contributed by atoms with Crippen molar-refractivity contribution in [3.05, 3.63) is 41.1 Å². The highest BCUT2D eigenvalue weighted by Gasteiger charge is 2.37. The largest absolute Gasteiger partial charge is 0.493 e. The molecule has 0 amide bonds. The Morgan fingerprint density at radius 3 is 2.78 bits per heavy atom. The Morgan fingerprint density at radius 1 is 1.19 bits per heavy atom. The molecule has 2 aliphatic rings. The zero-order valence-electron chi connectivity index (χ0n) is 16.4. The zero-order valence-corrected chi connectivity index (χ0v) is 17.2. The van der Waals surface area contributed by atoms with Gasteiger partial charge in [0.25, 0.3) is 0 Å². The Labute approximate surface area is 168 Å². The van der Waals surface area contributed by atoms with Gasteiger partial charge >= 0.3 is 0 Å². The first-order valence-electron chi connectivity index (χ1n) is 10.2. The SMILES string of the molecule is CCCCCOc1ccccc1C1NC(=S)N(CCC)C2=C1C(=O)CCC2. The number of carbonyl (C=O) groups is 1. The van der Waals surface area contributed by atoms with Crippen LogP contribution in [-0.2, 0) is 4.79 Å². The molecular weight excluding hydrogens is 356 g/mol. The number of Topliss-reactive ketones (excluding diaryl/α,β-unsaturated/α-hetero) is 1. The predicted octanol–water partition coefficient (Wildman–Crippen LogP) is 4.90. The van der Waals surface area contributed by atoms with Crippen LogP contribution in [0, 0.1) is 0 Å². The molecule has 1 atom stereocenters. The topological polar surface area (TPSA) is 41.6 Å². The second-order valence-corrected chi connectivity index (χ2v) is 7.65. The summed E-state index contributed by atoms with van der Waals surface area (Å²) in [5.74, 6) is 1.08. The van der Waals surface area contributed by atoms with Crippen LogP contribution in [0.25, 0.3) is 0 Å². The maximum atomic E-state index is 12.9. The number of hydrogen-bond donors (Lipinski definition) is 1. The van der Waals surface area contributed by atoms with E-state index in [1.807, 2.05) is 18.2 Å². The van der Waals surface area contributed by atoms with Gasteiger partial charge in [0.2, 0.25) is 0 Å². The fraction of sp³-hybridized carbons (Fsp3) is 0.545. The number of hydrogen-bond acceptors (Lipinski definition) is 3. The Kier molecular flexibility index (Phi) is 6.89. The molecule has 146 valence electrons. The lowest BCUT2D eigenvalue weighted by atomic mass is 9.84. The first-order chi connectivity index (χ1) is 13.2. The standard InChI is InChI=1S/C22H30N2O2S/c1-3-5-8-15-26-19-13-7-6-10-16(19)21-20-17(11-9-12-18(20)25)24(14-4-2)22(27)23-21/h6-7,10,13,21H,3-5,8-9,11-12,14-15H2,1-2H3,(H,23,27). The first kappa shape index (κ1) is 19.9. The van der Waals surface area contributed by atoms with Gasteiger partial charge in [0, 0.05) is 29.8 Å². The van der Waals surface area contributed by atoms with E-state index in [2.05, 4.69) is 30.1 Å². The van der Waals surface area contributed by atoms with Crippen molar-refractivity contribution in [3.63, 3.8) is 0 Å². The van der Waals surface area contributed by atoms with Crippen molar-refractivity contribution in [1.29, 1.82) is 0 Å². The number of thiocarbonyl (C=S) groups is 1. The molecular formula is C22H30N2O2S. The number of para-hydroxylation sites is 1. The fourth-order valence-electron chi connectivity index (χ4n) is 3.93. The molecule has 1 aromatic rings. The van der Waals surface area contributed by atoms with E-state index in [1.165, 1.54) is 6.42 Å². The summed E-state index contributed by atoms with van der Waals surface area (Å²) in [6.45, 7) is 5.87. The smallest absolute Gasteiger partial charge is 0.173 e. The van der Waals surface area contributed by atoms with Gasteiger partial charge in [-0.1, -0.05) is 44.9 Å². The number of allylic oxidation sites excluding steroid dienone is 1. The van der Waals surface area contributed by atoms with Gasteiger partial charge in [0.05, 0.1) is 12.6 Å². The normalized spacial score (nSPS) is 19.8. The highest BCUT2D eigenvalue weighted by Crippen LogP contribution is 2.40. The van der Waals surface area contributed by atoms with Crippen molar-refractivity contribution in [1.82, 2.24) is 10.2 Å². The minimum Gasteiger partial charge on any atom is -0.493 e. The van der Waals surface area contributed by atoms with E-state index in [0.717, 1.165) is 66.3 Å². The predicted molar refractivity (Wildman–Crippen MR) is 113 cm³/mol. The van der Waals surface area contributed by atoms with E-state index < -0.39 is 0 Å². The minimum absolute atomic E-state index is 0.212. The number of carbonyl (C=O) groups excluding carboxylic acids is 1. The van der Waals surface area contributed by atoms with Crippen LogP contribution in [0.2, 0.25) is 0 Å². The highest BCUT2D eigenvalue weighted by atomic mass is 32.1.